The maximum absolute atomic E-state index is 13.7. The second-order valence-electron chi connectivity index (χ2n) is 3.50. The second kappa shape index (κ2) is 5.36. The number of hydrogen-bond acceptors (Lipinski definition) is 3. The number of benzene rings is 1. The van der Waals surface area contributed by atoms with E-state index in [0.717, 1.165) is 6.07 Å². The SMILES string of the molecule is Fc1c[c-]c(-c2ncnc3sccc23)c(F)c1F.[Ir]. The Labute approximate surface area is 123 Å². The molecule has 0 amide bonds. The van der Waals surface area contributed by atoms with Crippen molar-refractivity contribution in [3.05, 3.63) is 47.4 Å². The topological polar surface area (TPSA) is 25.8 Å². The number of fused-ring (bicyclic) bond motifs is 1. The molecule has 0 saturated heterocycles. The largest absolute Gasteiger partial charge is 0.285 e. The summed E-state index contributed by atoms with van der Waals surface area (Å²) in [5.41, 5.74) is 0.0114. The molecular formula is C12H4F3IrN2S-. The first-order valence-corrected chi connectivity index (χ1v) is 5.80. The number of halogens is 3. The third-order valence-corrected chi connectivity index (χ3v) is 3.28. The van der Waals surface area contributed by atoms with Gasteiger partial charge in [0, 0.05) is 25.8 Å². The molecule has 3 rings (SSSR count). The van der Waals surface area contributed by atoms with Crippen LogP contribution in [0.2, 0.25) is 0 Å². The van der Waals surface area contributed by atoms with Gasteiger partial charge >= 0.3 is 0 Å². The molecule has 2 aromatic heterocycles. The average molecular weight is 457 g/mol. The molecule has 0 aliphatic heterocycles. The van der Waals surface area contributed by atoms with Gasteiger partial charge < -0.3 is 0 Å². The fourth-order valence-electron chi connectivity index (χ4n) is 1.64. The number of rotatable bonds is 1. The summed E-state index contributed by atoms with van der Waals surface area (Å²) in [4.78, 5) is 8.57. The van der Waals surface area contributed by atoms with E-state index in [1.54, 1.807) is 11.4 Å². The third kappa shape index (κ3) is 2.29. The van der Waals surface area contributed by atoms with E-state index in [1.807, 2.05) is 0 Å². The van der Waals surface area contributed by atoms with E-state index in [2.05, 4.69) is 16.0 Å². The minimum Gasteiger partial charge on any atom is -0.285 e. The zero-order chi connectivity index (χ0) is 12.7. The van der Waals surface area contributed by atoms with E-state index in [1.165, 1.54) is 17.7 Å². The molecule has 99 valence electrons. The summed E-state index contributed by atoms with van der Waals surface area (Å²) in [7, 11) is 0. The fraction of sp³-hybridized carbons (Fsp3) is 0. The van der Waals surface area contributed by atoms with Crippen LogP contribution < -0.4 is 0 Å². The van der Waals surface area contributed by atoms with Crippen molar-refractivity contribution in [3.63, 3.8) is 0 Å². The van der Waals surface area contributed by atoms with Gasteiger partial charge in [-0.1, -0.05) is 5.56 Å². The molecule has 0 atom stereocenters. The second-order valence-corrected chi connectivity index (χ2v) is 4.40. The molecule has 2 heterocycles. The molecule has 0 unspecified atom stereocenters. The summed E-state index contributed by atoms with van der Waals surface area (Å²) in [5.74, 6) is -4.08. The van der Waals surface area contributed by atoms with Crippen LogP contribution in [0, 0.1) is 23.5 Å². The van der Waals surface area contributed by atoms with Crippen molar-refractivity contribution in [2.75, 3.05) is 0 Å². The average Bonchev–Trinajstić information content (AvgIpc) is 2.84. The summed E-state index contributed by atoms with van der Waals surface area (Å²) in [6, 6.07) is 4.82. The van der Waals surface area contributed by atoms with Gasteiger partial charge in [-0.05, 0) is 16.8 Å². The molecular weight excluding hydrogens is 453 g/mol. The van der Waals surface area contributed by atoms with Crippen molar-refractivity contribution in [1.29, 1.82) is 0 Å². The third-order valence-electron chi connectivity index (χ3n) is 2.46. The van der Waals surface area contributed by atoms with Crippen LogP contribution in [-0.4, -0.2) is 9.97 Å². The van der Waals surface area contributed by atoms with E-state index in [4.69, 9.17) is 0 Å². The molecule has 0 saturated carbocycles. The van der Waals surface area contributed by atoms with Gasteiger partial charge in [0.05, 0.1) is 11.6 Å². The first-order valence-electron chi connectivity index (χ1n) is 4.92. The Morgan fingerprint density at radius 1 is 1.11 bits per heavy atom. The standard InChI is InChI=1S/C12H4F3N2S.Ir/c13-8-2-1-6(9(14)10(8)15)11-7-3-4-18-12(7)17-5-16-11;/h2-5H;/q-1;. The van der Waals surface area contributed by atoms with Crippen LogP contribution in [0.4, 0.5) is 13.2 Å². The van der Waals surface area contributed by atoms with Gasteiger partial charge in [-0.2, -0.15) is 0 Å². The molecule has 0 spiro atoms. The molecule has 0 fully saturated rings. The minimum absolute atomic E-state index is 0. The van der Waals surface area contributed by atoms with Gasteiger partial charge in [0.2, 0.25) is 0 Å². The van der Waals surface area contributed by atoms with Crippen molar-refractivity contribution in [2.24, 2.45) is 0 Å². The predicted molar refractivity (Wildman–Crippen MR) is 61.6 cm³/mol. The van der Waals surface area contributed by atoms with Crippen molar-refractivity contribution in [2.45, 2.75) is 0 Å². The fourth-order valence-corrected chi connectivity index (χ4v) is 2.37. The molecule has 7 heteroatoms. The summed E-state index contributed by atoms with van der Waals surface area (Å²) in [6.45, 7) is 0. The number of thiophene rings is 1. The van der Waals surface area contributed by atoms with Crippen molar-refractivity contribution < 1.29 is 33.3 Å². The van der Waals surface area contributed by atoms with Gasteiger partial charge in [0.25, 0.3) is 0 Å². The van der Waals surface area contributed by atoms with Crippen LogP contribution in [0.25, 0.3) is 21.5 Å². The number of nitrogens with zero attached hydrogens (tertiary/aromatic N) is 2. The summed E-state index contributed by atoms with van der Waals surface area (Å²) in [6.07, 6.45) is 1.25. The van der Waals surface area contributed by atoms with Crippen molar-refractivity contribution in [1.82, 2.24) is 9.97 Å². The Morgan fingerprint density at radius 2 is 1.89 bits per heavy atom. The maximum atomic E-state index is 13.7. The first-order chi connectivity index (χ1) is 8.68. The van der Waals surface area contributed by atoms with Crippen molar-refractivity contribution in [3.8, 4) is 11.3 Å². The first kappa shape index (κ1) is 14.1. The normalized spacial score (nSPS) is 10.5. The van der Waals surface area contributed by atoms with Crippen LogP contribution >= 0.6 is 11.3 Å². The van der Waals surface area contributed by atoms with Crippen LogP contribution in [-0.2, 0) is 20.1 Å². The van der Waals surface area contributed by atoms with Gasteiger partial charge in [-0.3, -0.25) is 13.8 Å². The molecule has 1 radical (unpaired) electrons. The Hall–Kier alpha value is -1.30. The molecule has 0 aliphatic rings. The summed E-state index contributed by atoms with van der Waals surface area (Å²) < 4.78 is 39.7. The zero-order valence-corrected chi connectivity index (χ0v) is 12.3. The Kier molecular flexibility index (Phi) is 3.99. The quantitative estimate of drug-likeness (QED) is 0.413. The van der Waals surface area contributed by atoms with Gasteiger partial charge in [0.1, 0.15) is 17.0 Å². The molecule has 2 nitrogen and oxygen atoms in total. The molecule has 19 heavy (non-hydrogen) atoms. The number of aromatic nitrogens is 2. The summed E-state index contributed by atoms with van der Waals surface area (Å²) in [5, 5.41) is 2.35. The number of hydrogen-bond donors (Lipinski definition) is 0. The van der Waals surface area contributed by atoms with Crippen LogP contribution in [0.15, 0.2) is 23.8 Å². The predicted octanol–water partition coefficient (Wildman–Crippen LogP) is 3.57. The van der Waals surface area contributed by atoms with Crippen LogP contribution in [0.1, 0.15) is 0 Å². The van der Waals surface area contributed by atoms with E-state index >= 15 is 0 Å². The minimum atomic E-state index is -1.52. The molecule has 3 aromatic rings. The van der Waals surface area contributed by atoms with E-state index in [9.17, 15) is 13.2 Å². The monoisotopic (exact) mass is 458 g/mol. The molecule has 0 aliphatic carbocycles. The van der Waals surface area contributed by atoms with E-state index in [0.29, 0.717) is 10.2 Å². The summed E-state index contributed by atoms with van der Waals surface area (Å²) >= 11 is 1.35. The van der Waals surface area contributed by atoms with Gasteiger partial charge in [-0.25, -0.2) is 9.37 Å². The maximum Gasteiger partial charge on any atom is 0.117 e. The zero-order valence-electron chi connectivity index (χ0n) is 9.08. The van der Waals surface area contributed by atoms with Crippen LogP contribution in [0.3, 0.4) is 0 Å². The van der Waals surface area contributed by atoms with Crippen molar-refractivity contribution >= 4 is 21.6 Å². The van der Waals surface area contributed by atoms with Gasteiger partial charge in [-0.15, -0.1) is 23.5 Å². The van der Waals surface area contributed by atoms with E-state index < -0.39 is 17.5 Å². The van der Waals surface area contributed by atoms with E-state index in [-0.39, 0.29) is 31.4 Å². The molecule has 1 aromatic carbocycles. The van der Waals surface area contributed by atoms with Crippen LogP contribution in [0.5, 0.6) is 0 Å². The Balaban J connectivity index is 0.00000133. The molecule has 0 bridgehead atoms. The van der Waals surface area contributed by atoms with Gasteiger partial charge in [0.15, 0.2) is 0 Å². The Morgan fingerprint density at radius 3 is 2.68 bits per heavy atom. The smallest absolute Gasteiger partial charge is 0.117 e. The molecule has 0 N–H and O–H groups in total. The Bertz CT molecular complexity index is 745.